The summed E-state index contributed by atoms with van der Waals surface area (Å²) in [6.45, 7) is 0. The van der Waals surface area contributed by atoms with E-state index >= 15 is 0 Å². The van der Waals surface area contributed by atoms with Gasteiger partial charge in [0.15, 0.2) is 5.58 Å². The maximum absolute atomic E-state index is 7.33. The Labute approximate surface area is 376 Å². The van der Waals surface area contributed by atoms with E-state index in [1.165, 1.54) is 77.2 Å². The number of hydrogen-bond acceptors (Lipinski definition) is 2. The van der Waals surface area contributed by atoms with Gasteiger partial charge in [-0.15, -0.1) is 0 Å². The first-order valence-electron chi connectivity index (χ1n) is 22.5. The smallest absolute Gasteiger partial charge is 0.159 e. The van der Waals surface area contributed by atoms with Gasteiger partial charge in [0.2, 0.25) is 0 Å². The zero-order chi connectivity index (χ0) is 42.6. The van der Waals surface area contributed by atoms with E-state index in [-0.39, 0.29) is 0 Å². The minimum Gasteiger partial charge on any atom is -0.453 e. The second-order valence-corrected chi connectivity index (χ2v) is 17.5. The lowest BCUT2D eigenvalue weighted by atomic mass is 9.70. The van der Waals surface area contributed by atoms with Crippen molar-refractivity contribution in [2.75, 3.05) is 4.90 Å². The molecule has 12 aromatic rings. The third-order valence-electron chi connectivity index (χ3n) is 14.3. The van der Waals surface area contributed by atoms with Gasteiger partial charge in [0.25, 0.3) is 0 Å². The van der Waals surface area contributed by atoms with Crippen LogP contribution < -0.4 is 4.90 Å². The highest BCUT2D eigenvalue weighted by molar-refractivity contribution is 6.24. The van der Waals surface area contributed by atoms with Gasteiger partial charge in [-0.05, 0) is 119 Å². The monoisotopic (exact) mass is 825 g/mol. The molecular weight excluding hydrogens is 787 g/mol. The fourth-order valence-corrected chi connectivity index (χ4v) is 11.6. The number of benzene rings is 11. The molecule has 2 heteroatoms. The van der Waals surface area contributed by atoms with Crippen LogP contribution in [0.2, 0.25) is 0 Å². The van der Waals surface area contributed by atoms with Crippen LogP contribution in [0.4, 0.5) is 17.1 Å². The van der Waals surface area contributed by atoms with Crippen LogP contribution >= 0.6 is 0 Å². The fourth-order valence-electron chi connectivity index (χ4n) is 11.6. The van der Waals surface area contributed by atoms with Crippen molar-refractivity contribution in [2.45, 2.75) is 5.41 Å². The third-order valence-corrected chi connectivity index (χ3v) is 14.3. The summed E-state index contributed by atoms with van der Waals surface area (Å²) < 4.78 is 7.33. The SMILES string of the molecule is c1ccc(-c2cc3ccccc3c3c2oc2c(N(c4ccc(-c5cccc6ccccc56)cc4)c4ccc5c(c4)C4(c6ccccc6-c6ccccc64)c4ccccc4-5)cccc23)cc1. The molecule has 65 heavy (non-hydrogen) atoms. The highest BCUT2D eigenvalue weighted by Gasteiger charge is 2.51. The van der Waals surface area contributed by atoms with Gasteiger partial charge < -0.3 is 9.32 Å². The molecule has 0 aliphatic heterocycles. The Morgan fingerprint density at radius 2 is 0.831 bits per heavy atom. The van der Waals surface area contributed by atoms with Crippen LogP contribution in [-0.4, -0.2) is 0 Å². The molecule has 0 radical (unpaired) electrons. The third kappa shape index (κ3) is 5.05. The summed E-state index contributed by atoms with van der Waals surface area (Å²) in [6, 6.07) is 86.9. The molecule has 0 atom stereocenters. The summed E-state index contributed by atoms with van der Waals surface area (Å²) in [5, 5.41) is 7.07. The summed E-state index contributed by atoms with van der Waals surface area (Å²) in [5.41, 5.74) is 19.4. The Morgan fingerprint density at radius 3 is 1.55 bits per heavy atom. The van der Waals surface area contributed by atoms with Crippen LogP contribution in [0.1, 0.15) is 22.3 Å². The van der Waals surface area contributed by atoms with Crippen LogP contribution in [0.3, 0.4) is 0 Å². The molecule has 11 aromatic carbocycles. The topological polar surface area (TPSA) is 16.4 Å². The summed E-state index contributed by atoms with van der Waals surface area (Å²) >= 11 is 0. The van der Waals surface area contributed by atoms with Gasteiger partial charge in [-0.2, -0.15) is 0 Å². The molecule has 2 aliphatic rings. The number of fused-ring (bicyclic) bond motifs is 16. The first kappa shape index (κ1) is 36.1. The maximum atomic E-state index is 7.33. The summed E-state index contributed by atoms with van der Waals surface area (Å²) in [5.74, 6) is 0. The fraction of sp³-hybridized carbons (Fsp3) is 0.0159. The quantitative estimate of drug-likeness (QED) is 0.172. The molecule has 2 aliphatic carbocycles. The van der Waals surface area contributed by atoms with Gasteiger partial charge in [-0.25, -0.2) is 0 Å². The van der Waals surface area contributed by atoms with Crippen LogP contribution in [0.15, 0.2) is 241 Å². The molecule has 0 amide bonds. The zero-order valence-corrected chi connectivity index (χ0v) is 35.4. The molecule has 1 heterocycles. The summed E-state index contributed by atoms with van der Waals surface area (Å²) in [6.07, 6.45) is 0. The van der Waals surface area contributed by atoms with Crippen molar-refractivity contribution in [2.24, 2.45) is 0 Å². The van der Waals surface area contributed by atoms with Crippen molar-refractivity contribution in [3.8, 4) is 44.5 Å². The average Bonchev–Trinajstić information content (AvgIpc) is 4.02. The number of hydrogen-bond donors (Lipinski definition) is 0. The second-order valence-electron chi connectivity index (χ2n) is 17.5. The van der Waals surface area contributed by atoms with Crippen molar-refractivity contribution in [3.05, 3.63) is 259 Å². The number of nitrogens with zero attached hydrogens (tertiary/aromatic N) is 1. The van der Waals surface area contributed by atoms with Crippen molar-refractivity contribution in [1.82, 2.24) is 0 Å². The molecule has 1 aromatic heterocycles. The number of rotatable bonds is 5. The standard InChI is InChI=1S/C63H39NO/c1-2-16-41(17-3-1)54-38-43-19-5-7-22-48(43)60-53-27-15-31-59(61(53)65-62(54)60)64(44-34-32-42(33-35-44)47-26-14-20-40-18-4-6-21-46(40)47)45-36-37-52-51-25-10-13-30-57(51)63(58(52)39-45)55-28-11-8-23-49(55)50-24-9-12-29-56(50)63/h1-39H. The minimum atomic E-state index is -0.478. The Bertz CT molecular complexity index is 3830. The molecule has 0 unspecified atom stereocenters. The van der Waals surface area contributed by atoms with Crippen molar-refractivity contribution in [3.63, 3.8) is 0 Å². The second kappa shape index (κ2) is 13.8. The summed E-state index contributed by atoms with van der Waals surface area (Å²) in [7, 11) is 0. The van der Waals surface area contributed by atoms with Gasteiger partial charge >= 0.3 is 0 Å². The molecule has 0 saturated heterocycles. The number of anilines is 3. The lowest BCUT2D eigenvalue weighted by Gasteiger charge is -2.32. The van der Waals surface area contributed by atoms with Crippen molar-refractivity contribution in [1.29, 1.82) is 0 Å². The molecule has 0 saturated carbocycles. The van der Waals surface area contributed by atoms with Gasteiger partial charge in [0.1, 0.15) is 5.58 Å². The van der Waals surface area contributed by atoms with Gasteiger partial charge in [0, 0.05) is 27.7 Å². The van der Waals surface area contributed by atoms with E-state index < -0.39 is 5.41 Å². The molecule has 0 N–H and O–H groups in total. The average molecular weight is 826 g/mol. The van der Waals surface area contributed by atoms with E-state index in [0.29, 0.717) is 0 Å². The first-order chi connectivity index (χ1) is 32.3. The van der Waals surface area contributed by atoms with Crippen molar-refractivity contribution < 1.29 is 4.42 Å². The number of furan rings is 1. The van der Waals surface area contributed by atoms with Gasteiger partial charge in [0.05, 0.1) is 11.1 Å². The predicted molar refractivity (Wildman–Crippen MR) is 271 cm³/mol. The maximum Gasteiger partial charge on any atom is 0.159 e. The van der Waals surface area contributed by atoms with E-state index in [4.69, 9.17) is 4.42 Å². The first-order valence-corrected chi connectivity index (χ1v) is 22.5. The predicted octanol–water partition coefficient (Wildman–Crippen LogP) is 17.0. The molecule has 1 spiro atoms. The van der Waals surface area contributed by atoms with Gasteiger partial charge in [-0.3, -0.25) is 0 Å². The molecule has 2 nitrogen and oxygen atoms in total. The molecule has 0 bridgehead atoms. The van der Waals surface area contributed by atoms with E-state index in [1.807, 2.05) is 0 Å². The van der Waals surface area contributed by atoms with Crippen LogP contribution in [0.25, 0.3) is 88.0 Å². The molecule has 0 fully saturated rings. The Morgan fingerprint density at radius 1 is 0.308 bits per heavy atom. The lowest BCUT2D eigenvalue weighted by molar-refractivity contribution is 0.670. The minimum absolute atomic E-state index is 0.478. The highest BCUT2D eigenvalue weighted by atomic mass is 16.3. The van der Waals surface area contributed by atoms with Gasteiger partial charge in [-0.1, -0.05) is 200 Å². The largest absolute Gasteiger partial charge is 0.453 e. The Balaban J connectivity index is 1.05. The van der Waals surface area contributed by atoms with Crippen LogP contribution in [0, 0.1) is 0 Å². The zero-order valence-electron chi connectivity index (χ0n) is 35.4. The van der Waals surface area contributed by atoms with E-state index in [2.05, 4.69) is 241 Å². The molecule has 14 rings (SSSR count). The van der Waals surface area contributed by atoms with Crippen molar-refractivity contribution >= 4 is 60.5 Å². The van der Waals surface area contributed by atoms with E-state index in [9.17, 15) is 0 Å². The van der Waals surface area contributed by atoms with Crippen LogP contribution in [0.5, 0.6) is 0 Å². The molecule has 302 valence electrons. The normalized spacial score (nSPS) is 13.0. The van der Waals surface area contributed by atoms with E-state index in [1.54, 1.807) is 0 Å². The van der Waals surface area contributed by atoms with E-state index in [0.717, 1.165) is 50.1 Å². The summed E-state index contributed by atoms with van der Waals surface area (Å²) in [4.78, 5) is 2.42. The Kier molecular flexibility index (Phi) is 7.64. The number of para-hydroxylation sites is 1. The lowest BCUT2D eigenvalue weighted by Crippen LogP contribution is -2.26. The molecular formula is C63H39NO. The Hall–Kier alpha value is -8.46. The highest BCUT2D eigenvalue weighted by Crippen LogP contribution is 2.63. The van der Waals surface area contributed by atoms with Crippen LogP contribution in [-0.2, 0) is 5.41 Å².